The molecule has 1 aromatic rings. The van der Waals surface area contributed by atoms with Gasteiger partial charge in [0.2, 0.25) is 0 Å². The summed E-state index contributed by atoms with van der Waals surface area (Å²) in [4.78, 5) is 0. The van der Waals surface area contributed by atoms with E-state index < -0.39 is 0 Å². The van der Waals surface area contributed by atoms with E-state index in [9.17, 15) is 0 Å². The first-order valence-electron chi connectivity index (χ1n) is 4.77. The van der Waals surface area contributed by atoms with E-state index in [-0.39, 0.29) is 0 Å². The summed E-state index contributed by atoms with van der Waals surface area (Å²) >= 11 is 3.44. The zero-order valence-corrected chi connectivity index (χ0v) is 9.13. The first-order valence-corrected chi connectivity index (χ1v) is 5.56. The molecule has 0 radical (unpaired) electrons. The van der Waals surface area contributed by atoms with Crippen LogP contribution in [0.1, 0.15) is 30.7 Å². The number of nitrogens with two attached hydrogens (primary N) is 1. The minimum absolute atomic E-state index is 0.425. The van der Waals surface area contributed by atoms with Gasteiger partial charge in [-0.1, -0.05) is 28.1 Å². The van der Waals surface area contributed by atoms with Crippen LogP contribution in [-0.4, -0.2) is 6.04 Å². The van der Waals surface area contributed by atoms with Crippen LogP contribution < -0.4 is 5.73 Å². The van der Waals surface area contributed by atoms with Gasteiger partial charge in [0.15, 0.2) is 0 Å². The van der Waals surface area contributed by atoms with Gasteiger partial charge in [0, 0.05) is 10.5 Å². The molecule has 0 heterocycles. The Hall–Kier alpha value is -0.340. The first kappa shape index (κ1) is 9.22. The Kier molecular flexibility index (Phi) is 2.70. The Morgan fingerprint density at radius 3 is 2.38 bits per heavy atom. The highest BCUT2D eigenvalue weighted by Gasteiger charge is 2.22. The van der Waals surface area contributed by atoms with Gasteiger partial charge in [0.05, 0.1) is 0 Å². The zero-order chi connectivity index (χ0) is 9.26. The van der Waals surface area contributed by atoms with E-state index in [1.54, 1.807) is 0 Å². The second-order valence-corrected chi connectivity index (χ2v) is 4.74. The van der Waals surface area contributed by atoms with Crippen molar-refractivity contribution >= 4 is 15.9 Å². The van der Waals surface area contributed by atoms with Crippen LogP contribution in [0.4, 0.5) is 0 Å². The molecule has 0 bridgehead atoms. The maximum absolute atomic E-state index is 5.88. The monoisotopic (exact) mass is 239 g/mol. The van der Waals surface area contributed by atoms with Gasteiger partial charge < -0.3 is 5.73 Å². The van der Waals surface area contributed by atoms with Crippen LogP contribution in [0.2, 0.25) is 0 Å². The lowest BCUT2D eigenvalue weighted by atomic mass is 9.98. The Labute approximate surface area is 87.5 Å². The van der Waals surface area contributed by atoms with Crippen molar-refractivity contribution in [1.82, 2.24) is 0 Å². The van der Waals surface area contributed by atoms with Crippen molar-refractivity contribution < 1.29 is 0 Å². The molecule has 2 atom stereocenters. The Balaban J connectivity index is 2.13. The molecule has 2 rings (SSSR count). The average Bonchev–Trinajstić information content (AvgIpc) is 2.53. The van der Waals surface area contributed by atoms with Gasteiger partial charge in [0.1, 0.15) is 0 Å². The summed E-state index contributed by atoms with van der Waals surface area (Å²) in [5.74, 6) is 0.697. The van der Waals surface area contributed by atoms with Crippen molar-refractivity contribution in [3.63, 3.8) is 0 Å². The fourth-order valence-electron chi connectivity index (χ4n) is 2.05. The van der Waals surface area contributed by atoms with E-state index in [4.69, 9.17) is 5.73 Å². The highest BCUT2D eigenvalue weighted by Crippen LogP contribution is 2.33. The lowest BCUT2D eigenvalue weighted by Gasteiger charge is -2.09. The van der Waals surface area contributed by atoms with Crippen LogP contribution in [0.25, 0.3) is 0 Å². The minimum atomic E-state index is 0.425. The van der Waals surface area contributed by atoms with Gasteiger partial charge in [0.25, 0.3) is 0 Å². The molecule has 0 aliphatic heterocycles. The lowest BCUT2D eigenvalue weighted by molar-refractivity contribution is 0.674. The van der Waals surface area contributed by atoms with Gasteiger partial charge in [-0.05, 0) is 42.9 Å². The largest absolute Gasteiger partial charge is 0.328 e. The van der Waals surface area contributed by atoms with Crippen molar-refractivity contribution in [3.8, 4) is 0 Å². The summed E-state index contributed by atoms with van der Waals surface area (Å²) in [5, 5.41) is 0. The van der Waals surface area contributed by atoms with Crippen molar-refractivity contribution in [2.75, 3.05) is 0 Å². The molecule has 1 nitrogen and oxygen atoms in total. The molecule has 70 valence electrons. The SMILES string of the molecule is NC1CC[C@H](c2ccc(Br)cc2)C1. The summed E-state index contributed by atoms with van der Waals surface area (Å²) in [6, 6.07) is 9.05. The summed E-state index contributed by atoms with van der Waals surface area (Å²) in [6.07, 6.45) is 3.59. The molecule has 2 N–H and O–H groups in total. The van der Waals surface area contributed by atoms with E-state index in [0.717, 1.165) is 10.9 Å². The number of benzene rings is 1. The topological polar surface area (TPSA) is 26.0 Å². The lowest BCUT2D eigenvalue weighted by Crippen LogP contribution is -2.14. The molecular formula is C11H14BrN. The van der Waals surface area contributed by atoms with E-state index in [2.05, 4.69) is 40.2 Å². The maximum atomic E-state index is 5.88. The smallest absolute Gasteiger partial charge is 0.0175 e. The molecule has 1 unspecified atom stereocenters. The average molecular weight is 240 g/mol. The summed E-state index contributed by atoms with van der Waals surface area (Å²) in [6.45, 7) is 0. The molecule has 1 aromatic carbocycles. The third-order valence-corrected chi connectivity index (χ3v) is 3.34. The highest BCUT2D eigenvalue weighted by atomic mass is 79.9. The van der Waals surface area contributed by atoms with Crippen molar-refractivity contribution in [1.29, 1.82) is 0 Å². The van der Waals surface area contributed by atoms with Gasteiger partial charge in [-0.25, -0.2) is 0 Å². The van der Waals surface area contributed by atoms with Crippen LogP contribution >= 0.6 is 15.9 Å². The summed E-state index contributed by atoms with van der Waals surface area (Å²) in [7, 11) is 0. The van der Waals surface area contributed by atoms with Crippen molar-refractivity contribution in [2.24, 2.45) is 5.73 Å². The molecule has 0 spiro atoms. The van der Waals surface area contributed by atoms with E-state index >= 15 is 0 Å². The van der Waals surface area contributed by atoms with Gasteiger partial charge >= 0.3 is 0 Å². The van der Waals surface area contributed by atoms with Crippen LogP contribution in [0.5, 0.6) is 0 Å². The first-order chi connectivity index (χ1) is 6.25. The fourth-order valence-corrected chi connectivity index (χ4v) is 2.32. The number of hydrogen-bond acceptors (Lipinski definition) is 1. The number of halogens is 1. The predicted molar refractivity (Wildman–Crippen MR) is 58.7 cm³/mol. The van der Waals surface area contributed by atoms with Crippen LogP contribution in [-0.2, 0) is 0 Å². The molecule has 1 fully saturated rings. The minimum Gasteiger partial charge on any atom is -0.328 e. The van der Waals surface area contributed by atoms with Gasteiger partial charge in [-0.2, -0.15) is 0 Å². The molecule has 0 amide bonds. The van der Waals surface area contributed by atoms with Crippen molar-refractivity contribution in [2.45, 2.75) is 31.2 Å². The summed E-state index contributed by atoms with van der Waals surface area (Å²) < 4.78 is 1.15. The van der Waals surface area contributed by atoms with Crippen LogP contribution in [0.3, 0.4) is 0 Å². The van der Waals surface area contributed by atoms with Crippen molar-refractivity contribution in [3.05, 3.63) is 34.3 Å². The molecule has 13 heavy (non-hydrogen) atoms. The Morgan fingerprint density at radius 2 is 1.85 bits per heavy atom. The molecule has 2 heteroatoms. The van der Waals surface area contributed by atoms with Gasteiger partial charge in [-0.15, -0.1) is 0 Å². The molecule has 0 saturated heterocycles. The second kappa shape index (κ2) is 3.81. The Morgan fingerprint density at radius 1 is 1.15 bits per heavy atom. The summed E-state index contributed by atoms with van der Waals surface area (Å²) in [5.41, 5.74) is 7.32. The predicted octanol–water partition coefficient (Wildman–Crippen LogP) is 3.04. The van der Waals surface area contributed by atoms with E-state index in [0.29, 0.717) is 12.0 Å². The standard InChI is InChI=1S/C11H14BrN/c12-10-4-1-8(2-5-10)9-3-6-11(13)7-9/h1-2,4-5,9,11H,3,6-7,13H2/t9-,11?/m0/s1. The second-order valence-electron chi connectivity index (χ2n) is 3.82. The zero-order valence-electron chi connectivity index (χ0n) is 7.54. The molecule has 1 saturated carbocycles. The molecular weight excluding hydrogens is 226 g/mol. The van der Waals surface area contributed by atoms with Crippen LogP contribution in [0.15, 0.2) is 28.7 Å². The normalized spacial score (nSPS) is 27.8. The van der Waals surface area contributed by atoms with E-state index in [1.165, 1.54) is 18.4 Å². The van der Waals surface area contributed by atoms with E-state index in [1.807, 2.05) is 0 Å². The van der Waals surface area contributed by atoms with Gasteiger partial charge in [-0.3, -0.25) is 0 Å². The maximum Gasteiger partial charge on any atom is 0.0175 e. The van der Waals surface area contributed by atoms with Crippen LogP contribution in [0, 0.1) is 0 Å². The number of rotatable bonds is 1. The number of hydrogen-bond donors (Lipinski definition) is 1. The molecule has 1 aliphatic carbocycles. The Bertz CT molecular complexity index is 281. The molecule has 1 aliphatic rings. The fraction of sp³-hybridized carbons (Fsp3) is 0.455. The quantitative estimate of drug-likeness (QED) is 0.802. The highest BCUT2D eigenvalue weighted by molar-refractivity contribution is 9.10. The third-order valence-electron chi connectivity index (χ3n) is 2.81. The molecule has 0 aromatic heterocycles. The third kappa shape index (κ3) is 2.12.